The molecule has 0 radical (unpaired) electrons. The van der Waals surface area contributed by atoms with Gasteiger partial charge < -0.3 is 55.2 Å². The number of amides is 4. The van der Waals surface area contributed by atoms with E-state index in [0.717, 1.165) is 64.2 Å². The molecule has 0 unspecified atom stereocenters. The topological polar surface area (TPSA) is 245 Å². The number of unbranched alkanes of at least 4 members (excludes halogenated alkanes) is 7. The first-order valence-electron chi connectivity index (χ1n) is 19.4. The summed E-state index contributed by atoms with van der Waals surface area (Å²) in [5, 5.41) is 29.2. The van der Waals surface area contributed by atoms with Crippen LogP contribution in [0.5, 0.6) is 0 Å². The number of nitrogens with one attached hydrogen (secondary N) is 4. The van der Waals surface area contributed by atoms with E-state index in [1.807, 2.05) is 0 Å². The van der Waals surface area contributed by atoms with Crippen molar-refractivity contribution in [2.75, 3.05) is 72.5 Å². The Kier molecular flexibility index (Phi) is 29.3. The summed E-state index contributed by atoms with van der Waals surface area (Å²) in [6.07, 6.45) is 11.7. The Balaban J connectivity index is 2.06. The van der Waals surface area contributed by atoms with E-state index in [2.05, 4.69) is 21.3 Å². The Hall–Kier alpha value is -3.67. The zero-order valence-corrected chi connectivity index (χ0v) is 31.8. The average Bonchev–Trinajstić information content (AvgIpc) is 3.15. The van der Waals surface area contributed by atoms with E-state index < -0.39 is 18.0 Å². The molecule has 0 aromatic rings. The summed E-state index contributed by atoms with van der Waals surface area (Å²) in [4.78, 5) is 81.5. The van der Waals surface area contributed by atoms with Gasteiger partial charge in [0.15, 0.2) is 0 Å². The molecule has 0 heterocycles. The molecule has 1 fully saturated rings. The van der Waals surface area contributed by atoms with Crippen LogP contribution in [0.4, 0.5) is 0 Å². The monoisotopic (exact) mass is 772 g/mol. The molecule has 0 aromatic heterocycles. The highest BCUT2D eigenvalue weighted by molar-refractivity contribution is 5.85. The number of carbonyl (C=O) groups is 7. The zero-order valence-electron chi connectivity index (χ0n) is 31.8. The first kappa shape index (κ1) is 48.3. The lowest BCUT2D eigenvalue weighted by atomic mass is 9.81. The minimum absolute atomic E-state index is 0.0221. The lowest BCUT2D eigenvalue weighted by molar-refractivity contribution is -0.143. The van der Waals surface area contributed by atoms with E-state index in [4.69, 9.17) is 24.1 Å². The summed E-state index contributed by atoms with van der Waals surface area (Å²) >= 11 is 0. The molecule has 1 aliphatic carbocycles. The molecular weight excluding hydrogens is 708 g/mol. The molecule has 1 aliphatic rings. The van der Waals surface area contributed by atoms with E-state index >= 15 is 0 Å². The lowest BCUT2D eigenvalue weighted by Gasteiger charge is -2.28. The molecule has 1 atom stereocenters. The molecule has 0 aromatic carbocycles. The van der Waals surface area contributed by atoms with Crippen LogP contribution in [0.2, 0.25) is 0 Å². The number of ether oxygens (including phenoxy) is 4. The van der Waals surface area contributed by atoms with Gasteiger partial charge in [0.2, 0.25) is 23.6 Å². The summed E-state index contributed by atoms with van der Waals surface area (Å²) in [6.45, 7) is 2.44. The van der Waals surface area contributed by atoms with Crippen molar-refractivity contribution in [2.45, 2.75) is 109 Å². The van der Waals surface area contributed by atoms with E-state index in [1.165, 1.54) is 0 Å². The number of carboxylic acid groups (broad SMARTS) is 2. The molecule has 17 nitrogen and oxygen atoms in total. The van der Waals surface area contributed by atoms with Crippen molar-refractivity contribution in [3.63, 3.8) is 0 Å². The van der Waals surface area contributed by atoms with Crippen LogP contribution in [0.15, 0.2) is 0 Å². The van der Waals surface area contributed by atoms with E-state index in [9.17, 15) is 38.7 Å². The molecule has 54 heavy (non-hydrogen) atoms. The molecule has 0 bridgehead atoms. The number of rotatable bonds is 35. The fraction of sp³-hybridized carbons (Fsp3) is 0.811. The maximum atomic E-state index is 12.8. The van der Waals surface area contributed by atoms with Crippen molar-refractivity contribution in [3.05, 3.63) is 0 Å². The van der Waals surface area contributed by atoms with Crippen LogP contribution in [0.25, 0.3) is 0 Å². The fourth-order valence-corrected chi connectivity index (χ4v) is 5.82. The molecule has 17 heteroatoms. The van der Waals surface area contributed by atoms with Gasteiger partial charge in [-0.2, -0.15) is 0 Å². The first-order chi connectivity index (χ1) is 26.1. The maximum absolute atomic E-state index is 12.8. The van der Waals surface area contributed by atoms with Crippen LogP contribution in [0.3, 0.4) is 0 Å². The Morgan fingerprint density at radius 1 is 0.611 bits per heavy atom. The van der Waals surface area contributed by atoms with Gasteiger partial charge in [0, 0.05) is 44.8 Å². The molecule has 0 aliphatic heterocycles. The van der Waals surface area contributed by atoms with Crippen LogP contribution in [-0.4, -0.2) is 131 Å². The number of aliphatic carboxylic acids is 2. The highest BCUT2D eigenvalue weighted by atomic mass is 16.5. The Morgan fingerprint density at radius 2 is 1.15 bits per heavy atom. The van der Waals surface area contributed by atoms with Crippen molar-refractivity contribution in [2.24, 2.45) is 11.8 Å². The van der Waals surface area contributed by atoms with Crippen molar-refractivity contribution >= 4 is 41.9 Å². The quantitative estimate of drug-likeness (QED) is 0.0398. The summed E-state index contributed by atoms with van der Waals surface area (Å²) in [6, 6.07) is -1.18. The second-order valence-corrected chi connectivity index (χ2v) is 13.4. The zero-order chi connectivity index (χ0) is 39.7. The molecule has 1 rings (SSSR count). The van der Waals surface area contributed by atoms with E-state index in [-0.39, 0.29) is 94.3 Å². The van der Waals surface area contributed by atoms with E-state index in [1.54, 1.807) is 0 Å². The van der Waals surface area contributed by atoms with Gasteiger partial charge in [-0.3, -0.25) is 24.0 Å². The summed E-state index contributed by atoms with van der Waals surface area (Å²) in [7, 11) is 0. The maximum Gasteiger partial charge on any atom is 0.326 e. The molecule has 1 saturated carbocycles. The van der Waals surface area contributed by atoms with Gasteiger partial charge in [-0.25, -0.2) is 4.79 Å². The van der Waals surface area contributed by atoms with Crippen molar-refractivity contribution in [1.82, 2.24) is 21.3 Å². The largest absolute Gasteiger partial charge is 0.481 e. The lowest BCUT2D eigenvalue weighted by Crippen LogP contribution is -2.45. The third-order valence-corrected chi connectivity index (χ3v) is 8.92. The molecule has 310 valence electrons. The smallest absolute Gasteiger partial charge is 0.326 e. The Morgan fingerprint density at radius 3 is 1.74 bits per heavy atom. The summed E-state index contributed by atoms with van der Waals surface area (Å²) in [5.41, 5.74) is 0. The van der Waals surface area contributed by atoms with Crippen molar-refractivity contribution in [1.29, 1.82) is 0 Å². The van der Waals surface area contributed by atoms with Crippen LogP contribution in [0.1, 0.15) is 103 Å². The van der Waals surface area contributed by atoms with Crippen LogP contribution in [-0.2, 0) is 52.5 Å². The van der Waals surface area contributed by atoms with Crippen LogP contribution < -0.4 is 21.3 Å². The number of hydrogen-bond acceptors (Lipinski definition) is 11. The third-order valence-electron chi connectivity index (χ3n) is 8.92. The van der Waals surface area contributed by atoms with E-state index in [0.29, 0.717) is 58.5 Å². The SMILES string of the molecule is O=CCOCCOCCNC(=O)COCCOCCNC(=O)CC[C@H](NC(=O)[C@H]1CC[C@H](CNC(=O)CCCCCCCCCCC(=O)O)CC1)C(=O)O. The molecule has 0 saturated heterocycles. The van der Waals surface area contributed by atoms with Gasteiger partial charge in [-0.05, 0) is 50.9 Å². The van der Waals surface area contributed by atoms with Crippen molar-refractivity contribution < 1.29 is 62.7 Å². The molecular formula is C37H64N4O13. The molecule has 4 amide bonds. The van der Waals surface area contributed by atoms with Gasteiger partial charge in [-0.1, -0.05) is 38.5 Å². The third kappa shape index (κ3) is 27.9. The van der Waals surface area contributed by atoms with Gasteiger partial charge >= 0.3 is 11.9 Å². The molecule has 6 N–H and O–H groups in total. The van der Waals surface area contributed by atoms with Gasteiger partial charge in [0.05, 0.1) is 39.6 Å². The second-order valence-electron chi connectivity index (χ2n) is 13.4. The summed E-state index contributed by atoms with van der Waals surface area (Å²) < 4.78 is 20.8. The second kappa shape index (κ2) is 32.7. The highest BCUT2D eigenvalue weighted by Gasteiger charge is 2.29. The number of carbonyl (C=O) groups excluding carboxylic acids is 5. The normalized spacial score (nSPS) is 15.9. The molecule has 0 spiro atoms. The van der Waals surface area contributed by atoms with Gasteiger partial charge in [0.1, 0.15) is 25.5 Å². The van der Waals surface area contributed by atoms with Gasteiger partial charge in [-0.15, -0.1) is 0 Å². The predicted octanol–water partition coefficient (Wildman–Crippen LogP) is 1.74. The summed E-state index contributed by atoms with van der Waals surface area (Å²) in [5.74, 6) is -2.97. The number of aldehydes is 1. The van der Waals surface area contributed by atoms with Crippen LogP contribution >= 0.6 is 0 Å². The van der Waals surface area contributed by atoms with Crippen molar-refractivity contribution in [3.8, 4) is 0 Å². The number of carboxylic acids is 2. The Bertz CT molecular complexity index is 1090. The predicted molar refractivity (Wildman–Crippen MR) is 196 cm³/mol. The standard InChI is InChI=1S/C37H64N4O13/c42-19-22-53-24-23-51-21-18-39-34(45)28-54-26-25-52-20-17-38-33(44)16-15-31(37(49)50)41-36(48)30-13-11-29(12-14-30)27-40-32(43)9-7-5-3-1-2-4-6-8-10-35(46)47/h19,29-31H,1-18,20-28H2,(H,38,44)(H,39,45)(H,40,43)(H,41,48)(H,46,47)(H,49,50)/t29-,30-,31-/m0/s1. The highest BCUT2D eigenvalue weighted by Crippen LogP contribution is 2.28. The fourth-order valence-electron chi connectivity index (χ4n) is 5.82. The minimum atomic E-state index is -1.21. The first-order valence-corrected chi connectivity index (χ1v) is 19.4. The number of hydrogen-bond donors (Lipinski definition) is 6. The average molecular weight is 773 g/mol. The van der Waals surface area contributed by atoms with Gasteiger partial charge in [0.25, 0.3) is 0 Å². The minimum Gasteiger partial charge on any atom is -0.481 e. The van der Waals surface area contributed by atoms with Crippen LogP contribution in [0, 0.1) is 11.8 Å². The Labute approximate surface area is 318 Å².